The third-order valence-electron chi connectivity index (χ3n) is 3.15. The Labute approximate surface area is 124 Å². The quantitative estimate of drug-likeness (QED) is 0.865. The number of hydrogen-bond donors (Lipinski definition) is 1. The van der Waals surface area contributed by atoms with Crippen molar-refractivity contribution in [1.29, 1.82) is 0 Å². The molecule has 18 heavy (non-hydrogen) atoms. The van der Waals surface area contributed by atoms with E-state index in [0.717, 1.165) is 46.1 Å². The second-order valence-electron chi connectivity index (χ2n) is 4.43. The van der Waals surface area contributed by atoms with Gasteiger partial charge in [-0.1, -0.05) is 6.42 Å². The van der Waals surface area contributed by atoms with Crippen molar-refractivity contribution in [2.45, 2.75) is 37.9 Å². The molecule has 0 saturated heterocycles. The van der Waals surface area contributed by atoms with Crippen LogP contribution in [0.2, 0.25) is 0 Å². The summed E-state index contributed by atoms with van der Waals surface area (Å²) < 4.78 is 12.8. The normalized spacial score (nSPS) is 23.8. The summed E-state index contributed by atoms with van der Waals surface area (Å²) in [5.74, 6) is 1.48. The third kappa shape index (κ3) is 3.19. The molecule has 1 aromatic rings. The van der Waals surface area contributed by atoms with E-state index in [0.29, 0.717) is 0 Å². The lowest BCUT2D eigenvalue weighted by Crippen LogP contribution is -2.34. The molecule has 1 aromatic carbocycles. The van der Waals surface area contributed by atoms with E-state index in [9.17, 15) is 5.11 Å². The Morgan fingerprint density at radius 2 is 1.72 bits per heavy atom. The number of benzene rings is 1. The molecule has 1 aliphatic rings. The Hall–Kier alpha value is -0.260. The van der Waals surface area contributed by atoms with Gasteiger partial charge in [-0.2, -0.15) is 0 Å². The highest BCUT2D eigenvalue weighted by Crippen LogP contribution is 2.37. The summed E-state index contributed by atoms with van der Waals surface area (Å²) in [5.41, 5.74) is 0. The summed E-state index contributed by atoms with van der Waals surface area (Å²) in [6, 6.07) is 3.72. The van der Waals surface area contributed by atoms with Crippen LogP contribution in [-0.2, 0) is 0 Å². The van der Waals surface area contributed by atoms with Crippen LogP contribution >= 0.6 is 31.9 Å². The average molecular weight is 380 g/mol. The van der Waals surface area contributed by atoms with Gasteiger partial charge in [0.25, 0.3) is 0 Å². The molecule has 5 heteroatoms. The highest BCUT2D eigenvalue weighted by Gasteiger charge is 2.25. The second-order valence-corrected chi connectivity index (χ2v) is 6.13. The zero-order valence-electron chi connectivity index (χ0n) is 10.2. The van der Waals surface area contributed by atoms with Crippen LogP contribution in [0.4, 0.5) is 0 Å². The molecule has 0 aromatic heterocycles. The molecule has 1 saturated carbocycles. The minimum Gasteiger partial charge on any atom is -0.496 e. The predicted octanol–water partition coefficient (Wildman–Crippen LogP) is 3.90. The smallest absolute Gasteiger partial charge is 0.135 e. The minimum absolute atomic E-state index is 0.115. The SMILES string of the molecule is COc1cc(Br)c(OC2CCCCC2O)cc1Br. The van der Waals surface area contributed by atoms with Gasteiger partial charge in [0, 0.05) is 0 Å². The molecule has 3 nitrogen and oxygen atoms in total. The predicted molar refractivity (Wildman–Crippen MR) is 77.3 cm³/mol. The van der Waals surface area contributed by atoms with Gasteiger partial charge in [0.2, 0.25) is 0 Å². The van der Waals surface area contributed by atoms with E-state index < -0.39 is 0 Å². The lowest BCUT2D eigenvalue weighted by atomic mass is 9.95. The topological polar surface area (TPSA) is 38.7 Å². The first-order chi connectivity index (χ1) is 8.61. The highest BCUT2D eigenvalue weighted by atomic mass is 79.9. The van der Waals surface area contributed by atoms with Crippen molar-refractivity contribution in [3.8, 4) is 11.5 Å². The van der Waals surface area contributed by atoms with Crippen LogP contribution in [0.5, 0.6) is 11.5 Å². The van der Waals surface area contributed by atoms with Gasteiger partial charge in [-0.15, -0.1) is 0 Å². The molecule has 0 aliphatic heterocycles. The maximum atomic E-state index is 9.91. The summed E-state index contributed by atoms with van der Waals surface area (Å²) in [6.45, 7) is 0. The first-order valence-electron chi connectivity index (χ1n) is 5.99. The monoisotopic (exact) mass is 378 g/mol. The Morgan fingerprint density at radius 3 is 2.39 bits per heavy atom. The van der Waals surface area contributed by atoms with Gasteiger partial charge in [-0.05, 0) is 63.3 Å². The largest absolute Gasteiger partial charge is 0.496 e. The molecule has 1 fully saturated rings. The van der Waals surface area contributed by atoms with Gasteiger partial charge < -0.3 is 14.6 Å². The van der Waals surface area contributed by atoms with Gasteiger partial charge >= 0.3 is 0 Å². The average Bonchev–Trinajstić information content (AvgIpc) is 2.36. The molecule has 2 unspecified atom stereocenters. The Balaban J connectivity index is 2.15. The van der Waals surface area contributed by atoms with Gasteiger partial charge in [0.15, 0.2) is 0 Å². The Bertz CT molecular complexity index is 423. The molecule has 0 amide bonds. The van der Waals surface area contributed by atoms with Crippen LogP contribution in [0.1, 0.15) is 25.7 Å². The summed E-state index contributed by atoms with van der Waals surface area (Å²) in [6.07, 6.45) is 3.42. The van der Waals surface area contributed by atoms with Gasteiger partial charge in [0.1, 0.15) is 17.6 Å². The number of methoxy groups -OCH3 is 1. The number of halogens is 2. The molecule has 100 valence electrons. The number of aliphatic hydroxyl groups is 1. The fourth-order valence-corrected chi connectivity index (χ4v) is 3.03. The van der Waals surface area contributed by atoms with Crippen molar-refractivity contribution in [1.82, 2.24) is 0 Å². The molecule has 1 aliphatic carbocycles. The zero-order valence-corrected chi connectivity index (χ0v) is 13.3. The Kier molecular flexibility index (Phi) is 4.92. The van der Waals surface area contributed by atoms with E-state index in [1.165, 1.54) is 0 Å². The van der Waals surface area contributed by atoms with Crippen LogP contribution in [0.25, 0.3) is 0 Å². The van der Waals surface area contributed by atoms with E-state index in [1.54, 1.807) is 7.11 Å². The number of hydrogen-bond acceptors (Lipinski definition) is 3. The van der Waals surface area contributed by atoms with E-state index in [4.69, 9.17) is 9.47 Å². The maximum absolute atomic E-state index is 9.91. The van der Waals surface area contributed by atoms with Crippen molar-refractivity contribution < 1.29 is 14.6 Å². The maximum Gasteiger partial charge on any atom is 0.135 e. The molecule has 0 spiro atoms. The molecule has 2 rings (SSSR count). The van der Waals surface area contributed by atoms with Gasteiger partial charge in [-0.3, -0.25) is 0 Å². The first-order valence-corrected chi connectivity index (χ1v) is 7.58. The van der Waals surface area contributed by atoms with Crippen molar-refractivity contribution in [2.24, 2.45) is 0 Å². The number of aliphatic hydroxyl groups excluding tert-OH is 1. The minimum atomic E-state index is -0.369. The van der Waals surface area contributed by atoms with Crippen LogP contribution in [0, 0.1) is 0 Å². The van der Waals surface area contributed by atoms with E-state index in [2.05, 4.69) is 31.9 Å². The molecule has 2 atom stereocenters. The van der Waals surface area contributed by atoms with Crippen molar-refractivity contribution in [2.75, 3.05) is 7.11 Å². The molecule has 0 bridgehead atoms. The molecule has 0 heterocycles. The lowest BCUT2D eigenvalue weighted by molar-refractivity contribution is 0.00643. The fraction of sp³-hybridized carbons (Fsp3) is 0.538. The molecule has 0 radical (unpaired) electrons. The lowest BCUT2D eigenvalue weighted by Gasteiger charge is -2.28. The summed E-state index contributed by atoms with van der Waals surface area (Å²) >= 11 is 6.89. The van der Waals surface area contributed by atoms with Crippen LogP contribution in [0.15, 0.2) is 21.1 Å². The summed E-state index contributed by atoms with van der Waals surface area (Å²) in [5, 5.41) is 9.91. The van der Waals surface area contributed by atoms with Crippen molar-refractivity contribution in [3.05, 3.63) is 21.1 Å². The van der Waals surface area contributed by atoms with E-state index in [-0.39, 0.29) is 12.2 Å². The van der Waals surface area contributed by atoms with Crippen molar-refractivity contribution >= 4 is 31.9 Å². The zero-order chi connectivity index (χ0) is 13.1. The number of rotatable bonds is 3. The van der Waals surface area contributed by atoms with Gasteiger partial charge in [-0.25, -0.2) is 0 Å². The van der Waals surface area contributed by atoms with E-state index >= 15 is 0 Å². The van der Waals surface area contributed by atoms with Crippen LogP contribution in [0.3, 0.4) is 0 Å². The van der Waals surface area contributed by atoms with E-state index in [1.807, 2.05) is 12.1 Å². The molecule has 1 N–H and O–H groups in total. The second kappa shape index (κ2) is 6.26. The Morgan fingerprint density at radius 1 is 1.11 bits per heavy atom. The van der Waals surface area contributed by atoms with Crippen LogP contribution in [-0.4, -0.2) is 24.4 Å². The first kappa shape index (κ1) is 14.2. The summed E-state index contributed by atoms with van der Waals surface area (Å²) in [7, 11) is 1.62. The highest BCUT2D eigenvalue weighted by molar-refractivity contribution is 9.11. The van der Waals surface area contributed by atoms with Gasteiger partial charge in [0.05, 0.1) is 22.2 Å². The standard InChI is InChI=1S/C13H16Br2O3/c1-17-12-6-9(15)13(7-8(12)14)18-11-5-3-2-4-10(11)16/h6-7,10-11,16H,2-5H2,1H3. The van der Waals surface area contributed by atoms with Crippen LogP contribution < -0.4 is 9.47 Å². The third-order valence-corrected chi connectivity index (χ3v) is 4.39. The molecular formula is C13H16Br2O3. The molecular weight excluding hydrogens is 364 g/mol. The van der Waals surface area contributed by atoms with Crippen molar-refractivity contribution in [3.63, 3.8) is 0 Å². The fourth-order valence-electron chi connectivity index (χ4n) is 2.13. The summed E-state index contributed by atoms with van der Waals surface area (Å²) in [4.78, 5) is 0. The number of ether oxygens (including phenoxy) is 2.